The van der Waals surface area contributed by atoms with Gasteiger partial charge < -0.3 is 20.1 Å². The number of hydrogen-bond donors (Lipinski definition) is 2. The normalized spacial score (nSPS) is 11.9. The summed E-state index contributed by atoms with van der Waals surface area (Å²) in [7, 11) is 0. The predicted molar refractivity (Wildman–Crippen MR) is 92.2 cm³/mol. The molecule has 2 aromatic carbocycles. The van der Waals surface area contributed by atoms with E-state index in [1.165, 1.54) is 18.3 Å². The Balaban J connectivity index is 1.52. The van der Waals surface area contributed by atoms with Crippen LogP contribution in [0.15, 0.2) is 48.7 Å². The highest BCUT2D eigenvalue weighted by molar-refractivity contribution is 6.03. The minimum Gasteiger partial charge on any atom is -0.454 e. The van der Waals surface area contributed by atoms with Crippen molar-refractivity contribution in [2.45, 2.75) is 0 Å². The molecule has 0 unspecified atom stereocenters. The van der Waals surface area contributed by atoms with Crippen molar-refractivity contribution < 1.29 is 23.0 Å². The Morgan fingerprint density at radius 3 is 2.63 bits per heavy atom. The molecule has 9 heteroatoms. The van der Waals surface area contributed by atoms with Crippen LogP contribution in [-0.4, -0.2) is 22.7 Å². The third-order valence-electron chi connectivity index (χ3n) is 3.72. The van der Waals surface area contributed by atoms with Crippen molar-refractivity contribution in [3.05, 3.63) is 66.0 Å². The zero-order valence-electron chi connectivity index (χ0n) is 13.7. The summed E-state index contributed by atoms with van der Waals surface area (Å²) in [6.07, 6.45) is 1.31. The molecule has 2 heterocycles. The quantitative estimate of drug-likeness (QED) is 0.731. The first kappa shape index (κ1) is 16.7. The number of hydrogen-bond acceptors (Lipinski definition) is 6. The molecule has 1 aliphatic rings. The van der Waals surface area contributed by atoms with Crippen molar-refractivity contribution in [3.8, 4) is 11.5 Å². The number of aromatic nitrogens is 2. The second-order valence-electron chi connectivity index (χ2n) is 5.51. The van der Waals surface area contributed by atoms with Gasteiger partial charge in [0.05, 0.1) is 0 Å². The van der Waals surface area contributed by atoms with E-state index in [0.29, 0.717) is 17.2 Å². The van der Waals surface area contributed by atoms with Gasteiger partial charge in [-0.05, 0) is 30.3 Å². The van der Waals surface area contributed by atoms with E-state index in [0.717, 1.165) is 12.1 Å². The summed E-state index contributed by atoms with van der Waals surface area (Å²) < 4.78 is 37.9. The smallest absolute Gasteiger partial charge is 0.274 e. The summed E-state index contributed by atoms with van der Waals surface area (Å²) >= 11 is 0. The molecule has 0 saturated carbocycles. The van der Waals surface area contributed by atoms with Crippen LogP contribution in [-0.2, 0) is 0 Å². The van der Waals surface area contributed by atoms with Crippen LogP contribution >= 0.6 is 0 Å². The van der Waals surface area contributed by atoms with Crippen LogP contribution in [0.5, 0.6) is 11.5 Å². The number of benzene rings is 2. The monoisotopic (exact) mass is 370 g/mol. The molecule has 0 bridgehead atoms. The number of fused-ring (bicyclic) bond motifs is 1. The largest absolute Gasteiger partial charge is 0.454 e. The number of rotatable bonds is 4. The van der Waals surface area contributed by atoms with E-state index in [2.05, 4.69) is 20.6 Å². The van der Waals surface area contributed by atoms with Gasteiger partial charge in [-0.2, -0.15) is 0 Å². The van der Waals surface area contributed by atoms with E-state index in [9.17, 15) is 13.6 Å². The number of carbonyl (C=O) groups is 1. The number of carbonyl (C=O) groups excluding carboxylic acids is 1. The predicted octanol–water partition coefficient (Wildman–Crippen LogP) is 3.48. The van der Waals surface area contributed by atoms with Gasteiger partial charge in [0.15, 0.2) is 11.5 Å². The molecule has 3 aromatic rings. The summed E-state index contributed by atoms with van der Waals surface area (Å²) in [6, 6.07) is 9.77. The first-order chi connectivity index (χ1) is 13.1. The lowest BCUT2D eigenvalue weighted by Gasteiger charge is -2.09. The summed E-state index contributed by atoms with van der Waals surface area (Å²) in [4.78, 5) is 20.3. The van der Waals surface area contributed by atoms with Gasteiger partial charge in [0, 0.05) is 18.0 Å². The van der Waals surface area contributed by atoms with Gasteiger partial charge in [0.25, 0.3) is 5.91 Å². The lowest BCUT2D eigenvalue weighted by atomic mass is 10.2. The van der Waals surface area contributed by atoms with Crippen molar-refractivity contribution in [1.82, 2.24) is 9.97 Å². The molecule has 4 rings (SSSR count). The Morgan fingerprint density at radius 1 is 1.04 bits per heavy atom. The number of halogens is 2. The van der Waals surface area contributed by atoms with Crippen molar-refractivity contribution >= 4 is 23.2 Å². The SMILES string of the molecule is O=C(Nc1ccc2c(c1)OCO2)c1ccnc(Nc2c(F)cccc2F)n1. The summed E-state index contributed by atoms with van der Waals surface area (Å²) in [5, 5.41) is 5.11. The van der Waals surface area contributed by atoms with Crippen LogP contribution in [0.4, 0.5) is 26.1 Å². The standard InChI is InChI=1S/C18H12F2N4O3/c19-11-2-1-3-12(20)16(11)24-18-21-7-6-13(23-18)17(25)22-10-4-5-14-15(8-10)27-9-26-14/h1-8H,9H2,(H,22,25)(H,21,23,24). The van der Waals surface area contributed by atoms with Crippen molar-refractivity contribution in [3.63, 3.8) is 0 Å². The van der Waals surface area contributed by atoms with Gasteiger partial charge in [-0.1, -0.05) is 6.07 Å². The number of ether oxygens (including phenoxy) is 2. The van der Waals surface area contributed by atoms with Gasteiger partial charge in [-0.25, -0.2) is 18.7 Å². The average Bonchev–Trinajstić information content (AvgIpc) is 3.13. The minimum absolute atomic E-state index is 0.0157. The van der Waals surface area contributed by atoms with E-state index in [-0.39, 0.29) is 18.4 Å². The Kier molecular flexibility index (Phi) is 4.25. The van der Waals surface area contributed by atoms with E-state index in [4.69, 9.17) is 9.47 Å². The lowest BCUT2D eigenvalue weighted by molar-refractivity contribution is 0.102. The molecule has 1 aromatic heterocycles. The van der Waals surface area contributed by atoms with Crippen LogP contribution in [0.3, 0.4) is 0 Å². The topological polar surface area (TPSA) is 85.4 Å². The molecule has 0 atom stereocenters. The maximum Gasteiger partial charge on any atom is 0.274 e. The molecule has 0 saturated heterocycles. The van der Waals surface area contributed by atoms with E-state index in [1.807, 2.05) is 0 Å². The van der Waals surface area contributed by atoms with Gasteiger partial charge in [0.2, 0.25) is 12.7 Å². The van der Waals surface area contributed by atoms with Crippen molar-refractivity contribution in [1.29, 1.82) is 0 Å². The molecule has 0 spiro atoms. The van der Waals surface area contributed by atoms with Gasteiger partial charge in [0.1, 0.15) is 23.0 Å². The fourth-order valence-corrected chi connectivity index (χ4v) is 2.44. The molecule has 7 nitrogen and oxygen atoms in total. The fourth-order valence-electron chi connectivity index (χ4n) is 2.44. The first-order valence-electron chi connectivity index (χ1n) is 7.85. The molecular weight excluding hydrogens is 358 g/mol. The third-order valence-corrected chi connectivity index (χ3v) is 3.72. The van der Waals surface area contributed by atoms with Crippen LogP contribution in [0.25, 0.3) is 0 Å². The summed E-state index contributed by atoms with van der Waals surface area (Å²) in [5.41, 5.74) is 0.102. The van der Waals surface area contributed by atoms with E-state index in [1.54, 1.807) is 18.2 Å². The van der Waals surface area contributed by atoms with Crippen LogP contribution < -0.4 is 20.1 Å². The second kappa shape index (κ2) is 6.87. The Labute approximate surface area is 152 Å². The third kappa shape index (κ3) is 3.47. The summed E-state index contributed by atoms with van der Waals surface area (Å²) in [6.45, 7) is 0.125. The van der Waals surface area contributed by atoms with Gasteiger partial charge >= 0.3 is 0 Å². The highest BCUT2D eigenvalue weighted by atomic mass is 19.1. The fraction of sp³-hybridized carbons (Fsp3) is 0.0556. The molecule has 27 heavy (non-hydrogen) atoms. The molecule has 0 fully saturated rings. The Morgan fingerprint density at radius 2 is 1.81 bits per heavy atom. The van der Waals surface area contributed by atoms with Gasteiger partial charge in [-0.15, -0.1) is 0 Å². The molecule has 0 aliphatic carbocycles. The van der Waals surface area contributed by atoms with E-state index < -0.39 is 23.2 Å². The number of anilines is 3. The number of para-hydroxylation sites is 1. The summed E-state index contributed by atoms with van der Waals surface area (Å²) in [5.74, 6) is -1.12. The Bertz CT molecular complexity index is 1010. The maximum absolute atomic E-state index is 13.7. The molecule has 2 N–H and O–H groups in total. The van der Waals surface area contributed by atoms with Gasteiger partial charge in [-0.3, -0.25) is 4.79 Å². The highest BCUT2D eigenvalue weighted by Gasteiger charge is 2.16. The molecule has 1 aliphatic heterocycles. The molecule has 1 amide bonds. The van der Waals surface area contributed by atoms with Crippen molar-refractivity contribution in [2.24, 2.45) is 0 Å². The maximum atomic E-state index is 13.7. The minimum atomic E-state index is -0.797. The average molecular weight is 370 g/mol. The lowest BCUT2D eigenvalue weighted by Crippen LogP contribution is -2.15. The second-order valence-corrected chi connectivity index (χ2v) is 5.51. The highest BCUT2D eigenvalue weighted by Crippen LogP contribution is 2.34. The zero-order chi connectivity index (χ0) is 18.8. The van der Waals surface area contributed by atoms with E-state index >= 15 is 0 Å². The van der Waals surface area contributed by atoms with Crippen molar-refractivity contribution in [2.75, 3.05) is 17.4 Å². The van der Waals surface area contributed by atoms with Crippen LogP contribution in [0.1, 0.15) is 10.5 Å². The number of nitrogens with one attached hydrogen (secondary N) is 2. The van der Waals surface area contributed by atoms with Crippen LogP contribution in [0, 0.1) is 11.6 Å². The molecular formula is C18H12F2N4O3. The van der Waals surface area contributed by atoms with Crippen LogP contribution in [0.2, 0.25) is 0 Å². The molecule has 0 radical (unpaired) electrons. The first-order valence-corrected chi connectivity index (χ1v) is 7.85. The Hall–Kier alpha value is -3.75. The number of amides is 1. The number of nitrogens with zero attached hydrogens (tertiary/aromatic N) is 2. The molecule has 136 valence electrons. The zero-order valence-corrected chi connectivity index (χ0v) is 13.7.